The molecule has 0 bridgehead atoms. The van der Waals surface area contributed by atoms with Crippen LogP contribution in [-0.4, -0.2) is 28.7 Å². The van der Waals surface area contributed by atoms with Gasteiger partial charge in [-0.05, 0) is 42.0 Å². The molecule has 0 fully saturated rings. The maximum atomic E-state index is 13.0. The van der Waals surface area contributed by atoms with Crippen LogP contribution < -0.4 is 5.32 Å². The largest absolute Gasteiger partial charge is 0.336 e. The van der Waals surface area contributed by atoms with Crippen molar-refractivity contribution in [3.05, 3.63) is 95.6 Å². The van der Waals surface area contributed by atoms with E-state index in [4.69, 9.17) is 0 Å². The Kier molecular flexibility index (Phi) is 5.56. The highest BCUT2D eigenvalue weighted by Gasteiger charge is 2.16. The Morgan fingerprint density at radius 3 is 2.30 bits per heavy atom. The maximum Gasteiger partial charge on any atom is 0.274 e. The standard InChI is InChI=1S/C21H18FN3O2/c1-25(14-15-6-3-2-4-7-15)21(27)19-9-5-8-18(24-19)20(26)23-17-12-10-16(22)11-13-17/h2-13H,14H2,1H3,(H,23,26). The third-order valence-corrected chi connectivity index (χ3v) is 3.91. The number of carbonyl (C=O) groups is 2. The van der Waals surface area contributed by atoms with Crippen molar-refractivity contribution in [2.24, 2.45) is 0 Å². The predicted octanol–water partition coefficient (Wildman–Crippen LogP) is 3.75. The molecular weight excluding hydrogens is 345 g/mol. The summed E-state index contributed by atoms with van der Waals surface area (Å²) in [4.78, 5) is 30.7. The topological polar surface area (TPSA) is 62.3 Å². The van der Waals surface area contributed by atoms with Crippen LogP contribution in [0.3, 0.4) is 0 Å². The molecule has 0 unspecified atom stereocenters. The summed E-state index contributed by atoms with van der Waals surface area (Å²) in [5.41, 5.74) is 1.73. The molecular formula is C21H18FN3O2. The SMILES string of the molecule is CN(Cc1ccccc1)C(=O)c1cccc(C(=O)Nc2ccc(F)cc2)n1. The molecule has 1 aromatic heterocycles. The highest BCUT2D eigenvalue weighted by atomic mass is 19.1. The lowest BCUT2D eigenvalue weighted by Gasteiger charge is -2.17. The second-order valence-corrected chi connectivity index (χ2v) is 6.02. The highest BCUT2D eigenvalue weighted by molar-refractivity contribution is 6.03. The number of halogens is 1. The molecule has 0 aliphatic carbocycles. The van der Waals surface area contributed by atoms with Gasteiger partial charge in [0, 0.05) is 19.3 Å². The van der Waals surface area contributed by atoms with Crippen molar-refractivity contribution < 1.29 is 14.0 Å². The highest BCUT2D eigenvalue weighted by Crippen LogP contribution is 2.11. The molecule has 0 saturated heterocycles. The number of pyridine rings is 1. The first-order valence-corrected chi connectivity index (χ1v) is 8.36. The number of anilines is 1. The van der Waals surface area contributed by atoms with E-state index in [9.17, 15) is 14.0 Å². The van der Waals surface area contributed by atoms with Gasteiger partial charge in [-0.1, -0.05) is 36.4 Å². The van der Waals surface area contributed by atoms with Gasteiger partial charge in [0.2, 0.25) is 0 Å². The van der Waals surface area contributed by atoms with Crippen molar-refractivity contribution in [1.82, 2.24) is 9.88 Å². The van der Waals surface area contributed by atoms with Gasteiger partial charge in [0.15, 0.2) is 0 Å². The summed E-state index contributed by atoms with van der Waals surface area (Å²) in [6.07, 6.45) is 0. The first-order chi connectivity index (χ1) is 13.0. The maximum absolute atomic E-state index is 13.0. The molecule has 3 rings (SSSR count). The van der Waals surface area contributed by atoms with E-state index >= 15 is 0 Å². The number of benzene rings is 2. The van der Waals surface area contributed by atoms with Crippen LogP contribution in [0.4, 0.5) is 10.1 Å². The Bertz CT molecular complexity index is 943. The number of hydrogen-bond donors (Lipinski definition) is 1. The van der Waals surface area contributed by atoms with E-state index in [0.29, 0.717) is 12.2 Å². The summed E-state index contributed by atoms with van der Waals surface area (Å²) in [5, 5.41) is 2.63. The lowest BCUT2D eigenvalue weighted by Crippen LogP contribution is -2.27. The third-order valence-electron chi connectivity index (χ3n) is 3.91. The van der Waals surface area contributed by atoms with Gasteiger partial charge in [0.1, 0.15) is 17.2 Å². The molecule has 3 aromatic rings. The van der Waals surface area contributed by atoms with Crippen LogP contribution >= 0.6 is 0 Å². The second-order valence-electron chi connectivity index (χ2n) is 6.02. The van der Waals surface area contributed by atoms with E-state index in [-0.39, 0.29) is 23.1 Å². The van der Waals surface area contributed by atoms with Gasteiger partial charge in [-0.15, -0.1) is 0 Å². The lowest BCUT2D eigenvalue weighted by molar-refractivity contribution is 0.0779. The quantitative estimate of drug-likeness (QED) is 0.751. The zero-order chi connectivity index (χ0) is 19.2. The van der Waals surface area contributed by atoms with Crippen molar-refractivity contribution in [3.63, 3.8) is 0 Å². The van der Waals surface area contributed by atoms with Gasteiger partial charge < -0.3 is 10.2 Å². The molecule has 0 aliphatic heterocycles. The third kappa shape index (κ3) is 4.76. The molecule has 1 N–H and O–H groups in total. The Morgan fingerprint density at radius 2 is 1.59 bits per heavy atom. The number of hydrogen-bond acceptors (Lipinski definition) is 3. The number of nitrogens with one attached hydrogen (secondary N) is 1. The summed E-state index contributed by atoms with van der Waals surface area (Å²) in [7, 11) is 1.68. The van der Waals surface area contributed by atoms with Crippen LogP contribution in [0, 0.1) is 5.82 Å². The number of carbonyl (C=O) groups excluding carboxylic acids is 2. The van der Waals surface area contributed by atoms with E-state index in [2.05, 4.69) is 10.3 Å². The molecule has 0 atom stereocenters. The number of rotatable bonds is 5. The van der Waals surface area contributed by atoms with Crippen molar-refractivity contribution in [2.75, 3.05) is 12.4 Å². The fourth-order valence-electron chi connectivity index (χ4n) is 2.53. The minimum atomic E-state index is -0.470. The van der Waals surface area contributed by atoms with Crippen molar-refractivity contribution in [2.45, 2.75) is 6.54 Å². The fraction of sp³-hybridized carbons (Fsp3) is 0.0952. The normalized spacial score (nSPS) is 10.3. The first-order valence-electron chi connectivity index (χ1n) is 8.36. The molecule has 0 aliphatic rings. The van der Waals surface area contributed by atoms with E-state index < -0.39 is 5.91 Å². The first kappa shape index (κ1) is 18.3. The Hall–Kier alpha value is -3.54. The molecule has 136 valence electrons. The predicted molar refractivity (Wildman–Crippen MR) is 101 cm³/mol. The minimum absolute atomic E-state index is 0.110. The number of aromatic nitrogens is 1. The Morgan fingerprint density at radius 1 is 0.926 bits per heavy atom. The molecule has 0 saturated carbocycles. The Balaban J connectivity index is 1.71. The molecule has 2 aromatic carbocycles. The van der Waals surface area contributed by atoms with Crippen LogP contribution in [0.25, 0.3) is 0 Å². The lowest BCUT2D eigenvalue weighted by atomic mass is 10.2. The van der Waals surface area contributed by atoms with Gasteiger partial charge in [0.25, 0.3) is 11.8 Å². The molecule has 27 heavy (non-hydrogen) atoms. The summed E-state index contributed by atoms with van der Waals surface area (Å²) < 4.78 is 13.0. The van der Waals surface area contributed by atoms with E-state index in [1.807, 2.05) is 30.3 Å². The molecule has 1 heterocycles. The van der Waals surface area contributed by atoms with Crippen LogP contribution in [-0.2, 0) is 6.54 Å². The molecule has 2 amide bonds. The van der Waals surface area contributed by atoms with E-state index in [1.54, 1.807) is 24.1 Å². The second kappa shape index (κ2) is 8.23. The van der Waals surface area contributed by atoms with Crippen molar-refractivity contribution >= 4 is 17.5 Å². The van der Waals surface area contributed by atoms with Crippen LogP contribution in [0.1, 0.15) is 26.5 Å². The van der Waals surface area contributed by atoms with Crippen molar-refractivity contribution in [1.29, 1.82) is 0 Å². The molecule has 0 radical (unpaired) electrons. The minimum Gasteiger partial charge on any atom is -0.336 e. The monoisotopic (exact) mass is 363 g/mol. The number of nitrogens with zero attached hydrogens (tertiary/aromatic N) is 2. The van der Waals surface area contributed by atoms with Crippen LogP contribution in [0.15, 0.2) is 72.8 Å². The average molecular weight is 363 g/mol. The Labute approximate surface area is 156 Å². The summed E-state index contributed by atoms with van der Waals surface area (Å²) >= 11 is 0. The zero-order valence-corrected chi connectivity index (χ0v) is 14.7. The van der Waals surface area contributed by atoms with Gasteiger partial charge in [-0.25, -0.2) is 9.37 Å². The fourth-order valence-corrected chi connectivity index (χ4v) is 2.53. The van der Waals surface area contributed by atoms with E-state index in [1.165, 1.54) is 30.3 Å². The van der Waals surface area contributed by atoms with Crippen LogP contribution in [0.2, 0.25) is 0 Å². The summed E-state index contributed by atoms with van der Waals surface area (Å²) in [6.45, 7) is 0.438. The smallest absolute Gasteiger partial charge is 0.274 e. The number of amides is 2. The zero-order valence-electron chi connectivity index (χ0n) is 14.7. The van der Waals surface area contributed by atoms with Gasteiger partial charge in [-0.2, -0.15) is 0 Å². The van der Waals surface area contributed by atoms with Crippen LogP contribution in [0.5, 0.6) is 0 Å². The molecule has 6 heteroatoms. The molecule has 0 spiro atoms. The molecule has 5 nitrogen and oxygen atoms in total. The average Bonchev–Trinajstić information content (AvgIpc) is 2.70. The van der Waals surface area contributed by atoms with Gasteiger partial charge >= 0.3 is 0 Å². The summed E-state index contributed by atoms with van der Waals surface area (Å²) in [6, 6.07) is 19.7. The van der Waals surface area contributed by atoms with E-state index in [0.717, 1.165) is 5.56 Å². The van der Waals surface area contributed by atoms with Gasteiger partial charge in [0.05, 0.1) is 0 Å². The summed E-state index contributed by atoms with van der Waals surface area (Å²) in [5.74, 6) is -1.14. The van der Waals surface area contributed by atoms with Crippen molar-refractivity contribution in [3.8, 4) is 0 Å². The van der Waals surface area contributed by atoms with Gasteiger partial charge in [-0.3, -0.25) is 9.59 Å².